The Kier molecular flexibility index (Phi) is 7.33. The van der Waals surface area contributed by atoms with Crippen molar-refractivity contribution in [2.75, 3.05) is 70.1 Å². The Labute approximate surface area is 212 Å². The van der Waals surface area contributed by atoms with Gasteiger partial charge in [0.1, 0.15) is 5.82 Å². The van der Waals surface area contributed by atoms with Gasteiger partial charge in [0.25, 0.3) is 0 Å². The molecule has 0 unspecified atom stereocenters. The molecule has 0 spiro atoms. The molecule has 188 valence electrons. The van der Waals surface area contributed by atoms with Gasteiger partial charge in [-0.25, -0.2) is 15.0 Å². The van der Waals surface area contributed by atoms with Gasteiger partial charge in [0.15, 0.2) is 0 Å². The normalized spacial score (nSPS) is 21.3. The summed E-state index contributed by atoms with van der Waals surface area (Å²) in [6.07, 6.45) is 6.28. The third kappa shape index (κ3) is 5.95. The van der Waals surface area contributed by atoms with Crippen LogP contribution in [0.3, 0.4) is 0 Å². The van der Waals surface area contributed by atoms with E-state index < -0.39 is 0 Å². The maximum atomic E-state index is 12.8. The number of hydrogen-bond donors (Lipinski definition) is 1. The Balaban J connectivity index is 1.38. The van der Waals surface area contributed by atoms with Crippen molar-refractivity contribution in [3.63, 3.8) is 0 Å². The fourth-order valence-electron chi connectivity index (χ4n) is 4.55. The maximum absolute atomic E-state index is 12.8. The highest BCUT2D eigenvalue weighted by Crippen LogP contribution is 2.21. The molecule has 0 radical (unpaired) electrons. The molecular formula is C26H33N9O. The van der Waals surface area contributed by atoms with Gasteiger partial charge in [0.2, 0.25) is 11.9 Å². The number of likely N-dealkylation sites (N-methyl/N-ethyl adjacent to an activating group) is 1. The predicted octanol–water partition coefficient (Wildman–Crippen LogP) is 2.09. The molecule has 8 heterocycles. The number of rotatable bonds is 0. The number of nitrogens with one attached hydrogen (secondary N) is 1. The fraction of sp³-hybridized carbons (Fsp3) is 0.423. The smallest absolute Gasteiger partial charge is 0.236 e. The monoisotopic (exact) mass is 487 g/mol. The molecule has 0 atom stereocenters. The minimum absolute atomic E-state index is 0.176. The zero-order chi connectivity index (χ0) is 24.9. The molecule has 0 saturated carbocycles. The SMILES string of the molecule is CN1CCCN(C)c2ccc(cn2)-c2ccnc(n2)Nc2ccnc(c2)CN2CCN(CC2)CC1=O. The van der Waals surface area contributed by atoms with Crippen LogP contribution in [0.2, 0.25) is 0 Å². The number of pyridine rings is 2. The highest BCUT2D eigenvalue weighted by atomic mass is 16.2. The van der Waals surface area contributed by atoms with Crippen LogP contribution < -0.4 is 10.2 Å². The van der Waals surface area contributed by atoms with E-state index in [9.17, 15) is 4.79 Å². The fourth-order valence-corrected chi connectivity index (χ4v) is 4.55. The van der Waals surface area contributed by atoms with Crippen molar-refractivity contribution in [3.05, 3.63) is 54.6 Å². The van der Waals surface area contributed by atoms with Crippen LogP contribution in [0.25, 0.3) is 11.3 Å². The average molecular weight is 488 g/mol. The van der Waals surface area contributed by atoms with Crippen LogP contribution in [0.15, 0.2) is 48.9 Å². The molecule has 5 aliphatic rings. The highest BCUT2D eigenvalue weighted by molar-refractivity contribution is 5.78. The molecular weight excluding hydrogens is 454 g/mol. The number of nitrogens with zero attached hydrogens (tertiary/aromatic N) is 8. The van der Waals surface area contributed by atoms with E-state index in [1.165, 1.54) is 0 Å². The van der Waals surface area contributed by atoms with Gasteiger partial charge in [-0.1, -0.05) is 0 Å². The molecule has 36 heavy (non-hydrogen) atoms. The van der Waals surface area contributed by atoms with Crippen molar-refractivity contribution in [1.29, 1.82) is 0 Å². The number of carbonyl (C=O) groups excluding carboxylic acids is 1. The van der Waals surface area contributed by atoms with Crippen molar-refractivity contribution in [2.45, 2.75) is 13.0 Å². The number of piperazine rings is 1. The van der Waals surface area contributed by atoms with Gasteiger partial charge < -0.3 is 15.1 Å². The van der Waals surface area contributed by atoms with E-state index >= 15 is 0 Å². The van der Waals surface area contributed by atoms with Gasteiger partial charge in [-0.15, -0.1) is 0 Å². The molecule has 1 amide bonds. The molecule has 0 aliphatic carbocycles. The lowest BCUT2D eigenvalue weighted by molar-refractivity contribution is -0.131. The first-order valence-corrected chi connectivity index (χ1v) is 12.4. The molecule has 1 saturated heterocycles. The summed E-state index contributed by atoms with van der Waals surface area (Å²) in [5.74, 6) is 1.60. The Hall–Kier alpha value is -3.63. The molecule has 10 nitrogen and oxygen atoms in total. The van der Waals surface area contributed by atoms with E-state index in [2.05, 4.69) is 35.0 Å². The van der Waals surface area contributed by atoms with Gasteiger partial charge in [-0.05, 0) is 36.8 Å². The van der Waals surface area contributed by atoms with Gasteiger partial charge in [0, 0.05) is 89.8 Å². The van der Waals surface area contributed by atoms with Crippen molar-refractivity contribution >= 4 is 23.4 Å². The number of aromatic nitrogens is 4. The van der Waals surface area contributed by atoms with Crippen LogP contribution in [0.4, 0.5) is 17.5 Å². The first kappa shape index (κ1) is 24.1. The summed E-state index contributed by atoms with van der Waals surface area (Å²) < 4.78 is 0. The molecule has 3 aromatic heterocycles. The topological polar surface area (TPSA) is 93.6 Å². The molecule has 8 bridgehead atoms. The Morgan fingerprint density at radius 2 is 1.56 bits per heavy atom. The third-order valence-corrected chi connectivity index (χ3v) is 6.79. The summed E-state index contributed by atoms with van der Waals surface area (Å²) in [5, 5.41) is 3.32. The van der Waals surface area contributed by atoms with E-state index in [0.717, 1.165) is 80.7 Å². The summed E-state index contributed by atoms with van der Waals surface area (Å²) >= 11 is 0. The second kappa shape index (κ2) is 11.0. The largest absolute Gasteiger partial charge is 0.360 e. The van der Waals surface area contributed by atoms with Crippen LogP contribution in [-0.2, 0) is 11.3 Å². The van der Waals surface area contributed by atoms with Crippen molar-refractivity contribution in [3.8, 4) is 11.3 Å². The van der Waals surface area contributed by atoms with Gasteiger partial charge in [-0.3, -0.25) is 19.6 Å². The summed E-state index contributed by atoms with van der Waals surface area (Å²) in [4.78, 5) is 39.7. The van der Waals surface area contributed by atoms with Crippen molar-refractivity contribution in [1.82, 2.24) is 34.6 Å². The lowest BCUT2D eigenvalue weighted by atomic mass is 10.2. The standard InChI is InChI=1S/C26H33N9O/c1-32-10-3-11-33(2)25(36)19-35-14-12-34(13-15-35)18-22-16-21(6-8-27-22)30-26-28-9-7-23(31-26)20-4-5-24(32)29-17-20/h4-9,16-17H,3,10-15,18-19H2,1-2H3,(H,28,30,31). The maximum Gasteiger partial charge on any atom is 0.236 e. The summed E-state index contributed by atoms with van der Waals surface area (Å²) in [6.45, 7) is 6.36. The summed E-state index contributed by atoms with van der Waals surface area (Å²) in [7, 11) is 3.93. The Morgan fingerprint density at radius 3 is 2.33 bits per heavy atom. The second-order valence-electron chi connectivity index (χ2n) is 9.47. The summed E-state index contributed by atoms with van der Waals surface area (Å²) in [6, 6.07) is 9.88. The van der Waals surface area contributed by atoms with E-state index in [4.69, 9.17) is 4.98 Å². The number of anilines is 3. The quantitative estimate of drug-likeness (QED) is 0.512. The van der Waals surface area contributed by atoms with E-state index in [1.807, 2.05) is 61.7 Å². The molecule has 1 N–H and O–H groups in total. The van der Waals surface area contributed by atoms with Crippen molar-refractivity contribution in [2.24, 2.45) is 0 Å². The third-order valence-electron chi connectivity index (χ3n) is 6.79. The molecule has 0 aromatic carbocycles. The minimum Gasteiger partial charge on any atom is -0.360 e. The van der Waals surface area contributed by atoms with Crippen molar-refractivity contribution < 1.29 is 4.79 Å². The van der Waals surface area contributed by atoms with E-state index in [-0.39, 0.29) is 5.91 Å². The van der Waals surface area contributed by atoms with Gasteiger partial charge in [-0.2, -0.15) is 0 Å². The second-order valence-corrected chi connectivity index (χ2v) is 9.47. The van der Waals surface area contributed by atoms with Crippen LogP contribution in [0.5, 0.6) is 0 Å². The summed E-state index contributed by atoms with van der Waals surface area (Å²) in [5.41, 5.74) is 3.62. The Morgan fingerprint density at radius 1 is 0.806 bits per heavy atom. The van der Waals surface area contributed by atoms with Crippen LogP contribution in [0.1, 0.15) is 12.1 Å². The van der Waals surface area contributed by atoms with E-state index in [1.54, 1.807) is 6.20 Å². The molecule has 5 aliphatic heterocycles. The minimum atomic E-state index is 0.176. The number of amides is 1. The van der Waals surface area contributed by atoms with Crippen LogP contribution >= 0.6 is 0 Å². The van der Waals surface area contributed by atoms with Crippen LogP contribution in [-0.4, -0.2) is 100 Å². The number of hydrogen-bond acceptors (Lipinski definition) is 9. The average Bonchev–Trinajstić information content (AvgIpc) is 2.89. The molecule has 3 aromatic rings. The predicted molar refractivity (Wildman–Crippen MR) is 140 cm³/mol. The molecule has 10 heteroatoms. The zero-order valence-electron chi connectivity index (χ0n) is 21.0. The lowest BCUT2D eigenvalue weighted by Crippen LogP contribution is -2.49. The van der Waals surface area contributed by atoms with Gasteiger partial charge in [0.05, 0.1) is 17.9 Å². The van der Waals surface area contributed by atoms with Gasteiger partial charge >= 0.3 is 0 Å². The molecule has 1 fully saturated rings. The Bertz CT molecular complexity index is 1180. The lowest BCUT2D eigenvalue weighted by Gasteiger charge is -2.34. The molecule has 8 rings (SSSR count). The van der Waals surface area contributed by atoms with E-state index in [0.29, 0.717) is 12.5 Å². The van der Waals surface area contributed by atoms with Crippen LogP contribution in [0, 0.1) is 0 Å². The highest BCUT2D eigenvalue weighted by Gasteiger charge is 2.21. The first-order chi connectivity index (χ1) is 17.5. The number of carbonyl (C=O) groups is 1. The zero-order valence-corrected chi connectivity index (χ0v) is 21.0. The first-order valence-electron chi connectivity index (χ1n) is 12.4.